The number of rotatable bonds is 4. The fourth-order valence-electron chi connectivity index (χ4n) is 3.87. The lowest BCUT2D eigenvalue weighted by molar-refractivity contribution is 0.257. The number of hydrogen-bond donors (Lipinski definition) is 1. The fourth-order valence-corrected chi connectivity index (χ4v) is 3.87. The van der Waals surface area contributed by atoms with Crippen molar-refractivity contribution in [3.8, 4) is 0 Å². The summed E-state index contributed by atoms with van der Waals surface area (Å²) in [5, 5.41) is 3.72. The van der Waals surface area contributed by atoms with Crippen LogP contribution in [0.2, 0.25) is 0 Å². The maximum atomic E-state index is 4.59. The lowest BCUT2D eigenvalue weighted by Gasteiger charge is -2.25. The van der Waals surface area contributed by atoms with E-state index in [1.54, 1.807) is 0 Å². The number of fused-ring (bicyclic) bond motifs is 1. The van der Waals surface area contributed by atoms with Gasteiger partial charge in [-0.3, -0.25) is 9.88 Å². The number of nitrogens with one attached hydrogen (secondary N) is 1. The van der Waals surface area contributed by atoms with E-state index in [0.29, 0.717) is 6.04 Å². The van der Waals surface area contributed by atoms with Crippen molar-refractivity contribution in [1.82, 2.24) is 15.2 Å². The Morgan fingerprint density at radius 2 is 2.26 bits per heavy atom. The van der Waals surface area contributed by atoms with Gasteiger partial charge in [-0.05, 0) is 57.3 Å². The molecule has 0 radical (unpaired) electrons. The van der Waals surface area contributed by atoms with Crippen LogP contribution >= 0.6 is 0 Å². The van der Waals surface area contributed by atoms with Crippen LogP contribution in [-0.2, 0) is 6.54 Å². The quantitative estimate of drug-likeness (QED) is 0.898. The van der Waals surface area contributed by atoms with Gasteiger partial charge in [0.1, 0.15) is 0 Å². The van der Waals surface area contributed by atoms with Crippen LogP contribution in [0, 0.1) is 18.8 Å². The number of nitrogens with zero attached hydrogens (tertiary/aromatic N) is 2. The maximum Gasteiger partial charge on any atom is 0.0547 e. The molecule has 3 nitrogen and oxygen atoms in total. The first kappa shape index (κ1) is 13.1. The first-order chi connectivity index (χ1) is 9.22. The number of likely N-dealkylation sites (N-methyl/N-ethyl adjacent to an activating group) is 1. The van der Waals surface area contributed by atoms with E-state index in [2.05, 4.69) is 47.4 Å². The minimum atomic E-state index is 0.697. The van der Waals surface area contributed by atoms with Crippen molar-refractivity contribution in [2.45, 2.75) is 38.8 Å². The highest BCUT2D eigenvalue weighted by Crippen LogP contribution is 2.37. The smallest absolute Gasteiger partial charge is 0.0547 e. The zero-order chi connectivity index (χ0) is 13.2. The molecule has 3 unspecified atom stereocenters. The maximum absolute atomic E-state index is 4.59. The summed E-state index contributed by atoms with van der Waals surface area (Å²) >= 11 is 0. The molecular formula is C16H25N3. The first-order valence-electron chi connectivity index (χ1n) is 7.57. The summed E-state index contributed by atoms with van der Waals surface area (Å²) in [6.45, 7) is 5.41. The van der Waals surface area contributed by atoms with Gasteiger partial charge in [0.05, 0.1) is 5.69 Å². The van der Waals surface area contributed by atoms with E-state index >= 15 is 0 Å². The van der Waals surface area contributed by atoms with Crippen molar-refractivity contribution in [3.63, 3.8) is 0 Å². The highest BCUT2D eigenvalue weighted by Gasteiger charge is 2.38. The van der Waals surface area contributed by atoms with Crippen LogP contribution in [0.25, 0.3) is 0 Å². The van der Waals surface area contributed by atoms with Gasteiger partial charge in [-0.2, -0.15) is 0 Å². The van der Waals surface area contributed by atoms with Crippen molar-refractivity contribution in [2.75, 3.05) is 20.1 Å². The standard InChI is InChI=1S/C16H25N3/c1-12-5-3-7-14(18-12)10-19(2)11-16-15-8-4-6-13(15)9-17-16/h3,5,7,13,15-17H,4,6,8-11H2,1-2H3. The Hall–Kier alpha value is -0.930. The molecule has 0 amide bonds. The second-order valence-corrected chi connectivity index (χ2v) is 6.34. The van der Waals surface area contributed by atoms with Crippen molar-refractivity contribution >= 4 is 0 Å². The highest BCUT2D eigenvalue weighted by molar-refractivity contribution is 5.09. The van der Waals surface area contributed by atoms with Crippen molar-refractivity contribution in [1.29, 1.82) is 0 Å². The Morgan fingerprint density at radius 3 is 3.11 bits per heavy atom. The lowest BCUT2D eigenvalue weighted by Crippen LogP contribution is -2.38. The van der Waals surface area contributed by atoms with E-state index in [1.165, 1.54) is 31.5 Å². The average Bonchev–Trinajstić information content (AvgIpc) is 2.94. The first-order valence-corrected chi connectivity index (χ1v) is 7.57. The van der Waals surface area contributed by atoms with Crippen LogP contribution < -0.4 is 5.32 Å². The van der Waals surface area contributed by atoms with Crippen LogP contribution in [0.5, 0.6) is 0 Å². The van der Waals surface area contributed by atoms with Crippen LogP contribution in [0.15, 0.2) is 18.2 Å². The zero-order valence-electron chi connectivity index (χ0n) is 12.1. The molecule has 3 atom stereocenters. The van der Waals surface area contributed by atoms with E-state index in [9.17, 15) is 0 Å². The van der Waals surface area contributed by atoms with E-state index in [1.807, 2.05) is 0 Å². The van der Waals surface area contributed by atoms with E-state index in [4.69, 9.17) is 0 Å². The molecule has 1 saturated carbocycles. The molecule has 0 spiro atoms. The van der Waals surface area contributed by atoms with Crippen molar-refractivity contribution < 1.29 is 0 Å². The normalized spacial score (nSPS) is 29.9. The van der Waals surface area contributed by atoms with Crippen molar-refractivity contribution in [3.05, 3.63) is 29.6 Å². The van der Waals surface area contributed by atoms with Crippen LogP contribution in [0.4, 0.5) is 0 Å². The topological polar surface area (TPSA) is 28.2 Å². The zero-order valence-corrected chi connectivity index (χ0v) is 12.1. The molecule has 1 saturated heterocycles. The van der Waals surface area contributed by atoms with E-state index in [0.717, 1.165) is 30.6 Å². The van der Waals surface area contributed by atoms with Gasteiger partial charge < -0.3 is 5.32 Å². The molecule has 2 heterocycles. The van der Waals surface area contributed by atoms with Gasteiger partial charge in [-0.15, -0.1) is 0 Å². The minimum absolute atomic E-state index is 0.697. The van der Waals surface area contributed by atoms with Crippen LogP contribution in [-0.4, -0.2) is 36.1 Å². The highest BCUT2D eigenvalue weighted by atomic mass is 15.1. The third kappa shape index (κ3) is 2.98. The molecule has 1 aromatic heterocycles. The Bertz CT molecular complexity index is 432. The average molecular weight is 259 g/mol. The number of aryl methyl sites for hydroxylation is 1. The molecule has 3 heteroatoms. The molecule has 1 aliphatic heterocycles. The molecule has 0 bridgehead atoms. The van der Waals surface area contributed by atoms with Crippen molar-refractivity contribution in [2.24, 2.45) is 11.8 Å². The predicted octanol–water partition coefficient (Wildman–Crippen LogP) is 2.21. The van der Waals surface area contributed by atoms with Crippen LogP contribution in [0.1, 0.15) is 30.7 Å². The Labute approximate surface area is 116 Å². The summed E-state index contributed by atoms with van der Waals surface area (Å²) in [7, 11) is 2.22. The molecule has 1 N–H and O–H groups in total. The fraction of sp³-hybridized carbons (Fsp3) is 0.688. The summed E-state index contributed by atoms with van der Waals surface area (Å²) in [4.78, 5) is 7.01. The summed E-state index contributed by atoms with van der Waals surface area (Å²) in [6.07, 6.45) is 4.31. The van der Waals surface area contributed by atoms with Crippen LogP contribution in [0.3, 0.4) is 0 Å². The lowest BCUT2D eigenvalue weighted by atomic mass is 9.94. The molecule has 19 heavy (non-hydrogen) atoms. The van der Waals surface area contributed by atoms with Gasteiger partial charge in [0.25, 0.3) is 0 Å². The molecule has 2 fully saturated rings. The summed E-state index contributed by atoms with van der Waals surface area (Å²) < 4.78 is 0. The molecule has 3 rings (SSSR count). The largest absolute Gasteiger partial charge is 0.312 e. The molecule has 2 aliphatic rings. The molecule has 0 aromatic carbocycles. The second-order valence-electron chi connectivity index (χ2n) is 6.34. The second kappa shape index (κ2) is 5.59. The number of aromatic nitrogens is 1. The number of hydrogen-bond acceptors (Lipinski definition) is 3. The van der Waals surface area contributed by atoms with E-state index in [-0.39, 0.29) is 0 Å². The Morgan fingerprint density at radius 1 is 1.37 bits per heavy atom. The predicted molar refractivity (Wildman–Crippen MR) is 77.9 cm³/mol. The van der Waals surface area contributed by atoms with Gasteiger partial charge in [0.15, 0.2) is 0 Å². The summed E-state index contributed by atoms with van der Waals surface area (Å²) in [6, 6.07) is 6.99. The van der Waals surface area contributed by atoms with Gasteiger partial charge in [0, 0.05) is 24.8 Å². The van der Waals surface area contributed by atoms with Gasteiger partial charge in [0.2, 0.25) is 0 Å². The van der Waals surface area contributed by atoms with Gasteiger partial charge in [-0.25, -0.2) is 0 Å². The monoisotopic (exact) mass is 259 g/mol. The number of pyridine rings is 1. The minimum Gasteiger partial charge on any atom is -0.312 e. The molecule has 1 aromatic rings. The molecule has 104 valence electrons. The SMILES string of the molecule is Cc1cccc(CN(C)CC2NCC3CCCC32)n1. The molecular weight excluding hydrogens is 234 g/mol. The third-order valence-corrected chi connectivity index (χ3v) is 4.76. The Balaban J connectivity index is 1.55. The van der Waals surface area contributed by atoms with Gasteiger partial charge in [-0.1, -0.05) is 12.5 Å². The molecule has 1 aliphatic carbocycles. The Kier molecular flexibility index (Phi) is 3.85. The summed E-state index contributed by atoms with van der Waals surface area (Å²) in [5.74, 6) is 1.88. The summed E-state index contributed by atoms with van der Waals surface area (Å²) in [5.41, 5.74) is 2.30. The third-order valence-electron chi connectivity index (χ3n) is 4.76. The van der Waals surface area contributed by atoms with E-state index < -0.39 is 0 Å². The van der Waals surface area contributed by atoms with Gasteiger partial charge >= 0.3 is 0 Å².